The van der Waals surface area contributed by atoms with Crippen LogP contribution in [-0.2, 0) is 24.7 Å². The first-order chi connectivity index (χ1) is 15.8. The fraction of sp³-hybridized carbons (Fsp3) is 0.310. The Labute approximate surface area is 200 Å². The quantitative estimate of drug-likeness (QED) is 0.351. The first-order valence-corrected chi connectivity index (χ1v) is 12.0. The van der Waals surface area contributed by atoms with E-state index < -0.39 is 5.82 Å². The first-order valence-electron chi connectivity index (χ1n) is 11.6. The van der Waals surface area contributed by atoms with Crippen LogP contribution in [0.2, 0.25) is 5.02 Å². The summed E-state index contributed by atoms with van der Waals surface area (Å²) in [4.78, 5) is 0. The molecule has 2 N–H and O–H groups in total. The van der Waals surface area contributed by atoms with E-state index in [0.717, 1.165) is 30.4 Å². The molecule has 4 heteroatoms. The zero-order valence-corrected chi connectivity index (χ0v) is 20.0. The van der Waals surface area contributed by atoms with Crippen LogP contribution in [0.4, 0.5) is 8.78 Å². The molecule has 3 aromatic rings. The Morgan fingerprint density at radius 1 is 1.06 bits per heavy atom. The van der Waals surface area contributed by atoms with Gasteiger partial charge in [0.25, 0.3) is 0 Å². The topological polar surface area (TPSA) is 26.0 Å². The molecule has 1 aliphatic carbocycles. The average molecular weight is 466 g/mol. The fourth-order valence-electron chi connectivity index (χ4n) is 5.14. The minimum absolute atomic E-state index is 0.0573. The Hall–Kier alpha value is -2.65. The third kappa shape index (κ3) is 4.31. The first kappa shape index (κ1) is 23.5. The highest BCUT2D eigenvalue weighted by molar-refractivity contribution is 6.34. The molecule has 0 bridgehead atoms. The van der Waals surface area contributed by atoms with Crippen LogP contribution < -0.4 is 5.73 Å². The Balaban J connectivity index is 1.91. The third-order valence-corrected chi connectivity index (χ3v) is 7.27. The monoisotopic (exact) mass is 465 g/mol. The van der Waals surface area contributed by atoms with Crippen LogP contribution in [0.15, 0.2) is 55.1 Å². The predicted molar refractivity (Wildman–Crippen MR) is 134 cm³/mol. The third-order valence-electron chi connectivity index (χ3n) is 6.91. The molecular weight excluding hydrogens is 436 g/mol. The van der Waals surface area contributed by atoms with Gasteiger partial charge in [0, 0.05) is 27.8 Å². The second-order valence-electron chi connectivity index (χ2n) is 9.41. The largest absolute Gasteiger partial charge is 0.399 e. The molecule has 0 spiro atoms. The SMILES string of the molecule is C=C(N)c1ccc(CCCCC)c(F)c1-c1c(Cl)c(F)cc2c1CC(C)(c1ccccc1)C2. The summed E-state index contributed by atoms with van der Waals surface area (Å²) in [5.74, 6) is -0.912. The molecule has 1 nitrogen and oxygen atoms in total. The van der Waals surface area contributed by atoms with E-state index in [1.807, 2.05) is 18.2 Å². The van der Waals surface area contributed by atoms with Gasteiger partial charge >= 0.3 is 0 Å². The summed E-state index contributed by atoms with van der Waals surface area (Å²) in [6.07, 6.45) is 4.86. The van der Waals surface area contributed by atoms with Crippen molar-refractivity contribution in [1.29, 1.82) is 0 Å². The number of hydrogen-bond donors (Lipinski definition) is 1. The molecule has 1 atom stereocenters. The van der Waals surface area contributed by atoms with Crippen molar-refractivity contribution in [2.75, 3.05) is 0 Å². The molecule has 172 valence electrons. The Kier molecular flexibility index (Phi) is 6.63. The number of aryl methyl sites for hydroxylation is 1. The fourth-order valence-corrected chi connectivity index (χ4v) is 5.41. The van der Waals surface area contributed by atoms with E-state index in [1.165, 1.54) is 11.6 Å². The van der Waals surface area contributed by atoms with E-state index in [1.54, 1.807) is 12.1 Å². The molecule has 0 saturated heterocycles. The Morgan fingerprint density at radius 3 is 2.45 bits per heavy atom. The lowest BCUT2D eigenvalue weighted by molar-refractivity contribution is 0.503. The van der Waals surface area contributed by atoms with E-state index in [4.69, 9.17) is 17.3 Å². The van der Waals surface area contributed by atoms with Gasteiger partial charge < -0.3 is 5.73 Å². The summed E-state index contributed by atoms with van der Waals surface area (Å²) in [6, 6.07) is 15.2. The van der Waals surface area contributed by atoms with E-state index >= 15 is 8.78 Å². The number of benzene rings is 3. The molecule has 3 aromatic carbocycles. The van der Waals surface area contributed by atoms with E-state index in [0.29, 0.717) is 36.0 Å². The number of halogens is 3. The van der Waals surface area contributed by atoms with Gasteiger partial charge in [-0.1, -0.05) is 87.3 Å². The molecule has 0 aromatic heterocycles. The molecule has 1 aliphatic rings. The number of hydrogen-bond acceptors (Lipinski definition) is 1. The lowest BCUT2D eigenvalue weighted by Crippen LogP contribution is -2.22. The molecule has 4 rings (SSSR count). The number of unbranched alkanes of at least 4 members (excludes halogenated alkanes) is 2. The van der Waals surface area contributed by atoms with Crippen molar-refractivity contribution < 1.29 is 8.78 Å². The van der Waals surface area contributed by atoms with Crippen molar-refractivity contribution >= 4 is 17.3 Å². The number of rotatable bonds is 7. The van der Waals surface area contributed by atoms with Gasteiger partial charge in [0.15, 0.2) is 0 Å². The van der Waals surface area contributed by atoms with Gasteiger partial charge in [0.2, 0.25) is 0 Å². The molecular formula is C29H30ClF2N. The Morgan fingerprint density at radius 2 is 1.79 bits per heavy atom. The number of nitrogens with two attached hydrogens (primary N) is 1. The minimum atomic E-state index is -0.535. The molecule has 1 unspecified atom stereocenters. The van der Waals surface area contributed by atoms with Gasteiger partial charge in [-0.2, -0.15) is 0 Å². The van der Waals surface area contributed by atoms with Crippen molar-refractivity contribution in [3.05, 3.63) is 99.6 Å². The smallest absolute Gasteiger partial charge is 0.142 e. The van der Waals surface area contributed by atoms with Crippen LogP contribution in [0, 0.1) is 11.6 Å². The van der Waals surface area contributed by atoms with Gasteiger partial charge in [0.05, 0.1) is 5.02 Å². The van der Waals surface area contributed by atoms with E-state index in [9.17, 15) is 0 Å². The molecule has 0 fully saturated rings. The van der Waals surface area contributed by atoms with Gasteiger partial charge in [-0.15, -0.1) is 0 Å². The van der Waals surface area contributed by atoms with Gasteiger partial charge in [-0.3, -0.25) is 0 Å². The highest BCUT2D eigenvalue weighted by Gasteiger charge is 2.38. The summed E-state index contributed by atoms with van der Waals surface area (Å²) in [6.45, 7) is 8.13. The van der Waals surface area contributed by atoms with Crippen molar-refractivity contribution in [2.24, 2.45) is 5.73 Å². The van der Waals surface area contributed by atoms with Crippen LogP contribution >= 0.6 is 11.6 Å². The van der Waals surface area contributed by atoms with Crippen LogP contribution in [0.3, 0.4) is 0 Å². The summed E-state index contributed by atoms with van der Waals surface area (Å²) >= 11 is 6.57. The van der Waals surface area contributed by atoms with Crippen molar-refractivity contribution in [1.82, 2.24) is 0 Å². The molecule has 33 heavy (non-hydrogen) atoms. The van der Waals surface area contributed by atoms with E-state index in [2.05, 4.69) is 32.6 Å². The maximum atomic E-state index is 16.0. The van der Waals surface area contributed by atoms with Crippen LogP contribution in [0.25, 0.3) is 16.8 Å². The van der Waals surface area contributed by atoms with Crippen molar-refractivity contribution in [3.8, 4) is 11.1 Å². The van der Waals surface area contributed by atoms with Gasteiger partial charge in [-0.25, -0.2) is 8.78 Å². The molecule has 0 amide bonds. The van der Waals surface area contributed by atoms with Crippen LogP contribution in [0.1, 0.15) is 60.9 Å². The lowest BCUT2D eigenvalue weighted by Gasteiger charge is -2.24. The van der Waals surface area contributed by atoms with Crippen LogP contribution in [-0.4, -0.2) is 0 Å². The molecule has 0 saturated carbocycles. The second-order valence-corrected chi connectivity index (χ2v) is 9.79. The van der Waals surface area contributed by atoms with Gasteiger partial charge in [-0.05, 0) is 54.0 Å². The second kappa shape index (κ2) is 9.30. The molecule has 0 radical (unpaired) electrons. The standard InChI is InChI=1S/C29H30ClF2N/c1-4-5-7-10-19-13-14-22(18(2)33)26(28(19)32)25-23-17-29(3,21-11-8-6-9-12-21)16-20(23)15-24(31)27(25)30/h6,8-9,11-15H,2,4-5,7,10,16-17,33H2,1,3H3. The minimum Gasteiger partial charge on any atom is -0.399 e. The summed E-state index contributed by atoms with van der Waals surface area (Å²) in [5.41, 5.74) is 10.8. The maximum Gasteiger partial charge on any atom is 0.142 e. The normalized spacial score (nSPS) is 17.2. The zero-order chi connectivity index (χ0) is 23.8. The average Bonchev–Trinajstić information content (AvgIpc) is 3.13. The highest BCUT2D eigenvalue weighted by atomic mass is 35.5. The van der Waals surface area contributed by atoms with Crippen LogP contribution in [0.5, 0.6) is 0 Å². The Bertz CT molecular complexity index is 1200. The highest BCUT2D eigenvalue weighted by Crippen LogP contribution is 2.48. The number of fused-ring (bicyclic) bond motifs is 1. The summed E-state index contributed by atoms with van der Waals surface area (Å²) < 4.78 is 31.1. The van der Waals surface area contributed by atoms with Crippen molar-refractivity contribution in [2.45, 2.75) is 57.8 Å². The summed E-state index contributed by atoms with van der Waals surface area (Å²) in [7, 11) is 0. The molecule has 0 aliphatic heterocycles. The van der Waals surface area contributed by atoms with E-state index in [-0.39, 0.29) is 27.5 Å². The van der Waals surface area contributed by atoms with Crippen molar-refractivity contribution in [3.63, 3.8) is 0 Å². The lowest BCUT2D eigenvalue weighted by atomic mass is 9.79. The molecule has 0 heterocycles. The predicted octanol–water partition coefficient (Wildman–Crippen LogP) is 8.00. The zero-order valence-electron chi connectivity index (χ0n) is 19.3. The maximum absolute atomic E-state index is 16.0. The summed E-state index contributed by atoms with van der Waals surface area (Å²) in [5, 5.41) is -0.0573. The van der Waals surface area contributed by atoms with Gasteiger partial charge in [0.1, 0.15) is 11.6 Å².